The number of ether oxygens (including phenoxy) is 4. The number of aromatic hydroxyl groups is 4. The quantitative estimate of drug-likeness (QED) is 0.0875. The van der Waals surface area contributed by atoms with Gasteiger partial charge in [-0.2, -0.15) is 0 Å². The van der Waals surface area contributed by atoms with E-state index < -0.39 is 97.3 Å². The molecule has 0 spiro atoms. The van der Waals surface area contributed by atoms with Gasteiger partial charge in [0, 0.05) is 0 Å². The van der Waals surface area contributed by atoms with E-state index in [1.54, 1.807) is 0 Å². The summed E-state index contributed by atoms with van der Waals surface area (Å²) in [5, 5.41) is 100. The van der Waals surface area contributed by atoms with E-state index in [4.69, 9.17) is 18.9 Å². The Hall–Kier alpha value is -3.51. The first kappa shape index (κ1) is 30.4. The molecular weight excluding hydrogens is 552 g/mol. The number of allylic oxidation sites excluding steroid dienone is 1. The average molecular weight is 583 g/mol. The van der Waals surface area contributed by atoms with Gasteiger partial charge in [-0.1, -0.05) is 12.1 Å². The van der Waals surface area contributed by atoms with Crippen molar-refractivity contribution in [1.82, 2.24) is 0 Å². The standard InChI is InChI=1S/C26H30O15/c27-8-16-20(34)22(36)26(39-16)41-24-17(9-28)40-25(23(37)21(24)35)38-15-6-3-11(18(32)19(15)33)12(29)4-1-10-2-5-13(30)14(31)7-10/h1-7,16-17,20-28,30-37H,8-9H2/b4-1+/t16-,17+,20-,21+,22+,23+,24+,25+,26-/m0/s1. The fraction of sp³-hybridized carbons (Fsp3) is 0.423. The van der Waals surface area contributed by atoms with E-state index in [2.05, 4.69) is 0 Å². The Balaban J connectivity index is 1.45. The van der Waals surface area contributed by atoms with E-state index in [1.807, 2.05) is 0 Å². The molecule has 2 aliphatic rings. The predicted molar refractivity (Wildman–Crippen MR) is 134 cm³/mol. The number of hydrogen-bond donors (Lipinski definition) is 10. The van der Waals surface area contributed by atoms with Gasteiger partial charge < -0.3 is 70.0 Å². The van der Waals surface area contributed by atoms with Gasteiger partial charge in [0.25, 0.3) is 0 Å². The molecule has 0 bridgehead atoms. The number of aliphatic hydroxyl groups is 6. The van der Waals surface area contributed by atoms with Gasteiger partial charge in [0.2, 0.25) is 12.0 Å². The molecule has 0 amide bonds. The van der Waals surface area contributed by atoms with E-state index in [9.17, 15) is 55.9 Å². The molecule has 0 aliphatic carbocycles. The lowest BCUT2D eigenvalue weighted by Crippen LogP contribution is -2.62. The number of benzene rings is 2. The summed E-state index contributed by atoms with van der Waals surface area (Å²) in [5.74, 6) is -3.73. The number of phenols is 4. The lowest BCUT2D eigenvalue weighted by Gasteiger charge is -2.42. The van der Waals surface area contributed by atoms with Crippen molar-refractivity contribution >= 4 is 11.9 Å². The highest BCUT2D eigenvalue weighted by atomic mass is 16.7. The van der Waals surface area contributed by atoms with Crippen LogP contribution in [0.2, 0.25) is 0 Å². The molecule has 0 radical (unpaired) electrons. The van der Waals surface area contributed by atoms with Crippen LogP contribution in [0.4, 0.5) is 0 Å². The lowest BCUT2D eigenvalue weighted by molar-refractivity contribution is -0.315. The summed E-state index contributed by atoms with van der Waals surface area (Å²) in [4.78, 5) is 12.6. The third-order valence-corrected chi connectivity index (χ3v) is 6.66. The maximum absolute atomic E-state index is 12.6. The molecule has 0 saturated carbocycles. The van der Waals surface area contributed by atoms with Gasteiger partial charge in [0.1, 0.15) is 42.7 Å². The van der Waals surface area contributed by atoms with Gasteiger partial charge in [0.15, 0.2) is 35.1 Å². The van der Waals surface area contributed by atoms with Crippen LogP contribution in [0.25, 0.3) is 6.08 Å². The number of hydrogen-bond acceptors (Lipinski definition) is 15. The number of carbonyl (C=O) groups excluding carboxylic acids is 1. The first-order valence-electron chi connectivity index (χ1n) is 12.3. The predicted octanol–water partition coefficient (Wildman–Crippen LogP) is -1.95. The second kappa shape index (κ2) is 12.6. The van der Waals surface area contributed by atoms with E-state index in [1.165, 1.54) is 24.3 Å². The number of aliphatic hydroxyl groups excluding tert-OH is 6. The molecule has 4 rings (SSSR count). The van der Waals surface area contributed by atoms with Crippen molar-refractivity contribution in [2.24, 2.45) is 0 Å². The second-order valence-electron chi connectivity index (χ2n) is 9.39. The molecule has 0 aromatic heterocycles. The number of rotatable bonds is 9. The zero-order valence-corrected chi connectivity index (χ0v) is 21.2. The maximum Gasteiger partial charge on any atom is 0.229 e. The van der Waals surface area contributed by atoms with Crippen molar-refractivity contribution in [1.29, 1.82) is 0 Å². The Labute approximate surface area is 231 Å². The Morgan fingerprint density at radius 3 is 2.07 bits per heavy atom. The second-order valence-corrected chi connectivity index (χ2v) is 9.39. The molecule has 2 aromatic rings. The van der Waals surface area contributed by atoms with Crippen LogP contribution in [-0.2, 0) is 14.2 Å². The lowest BCUT2D eigenvalue weighted by atomic mass is 9.98. The molecule has 224 valence electrons. The van der Waals surface area contributed by atoms with Crippen LogP contribution in [0.1, 0.15) is 15.9 Å². The molecule has 2 aliphatic heterocycles. The van der Waals surface area contributed by atoms with E-state index in [0.29, 0.717) is 5.56 Å². The normalized spacial score (nSPS) is 31.9. The van der Waals surface area contributed by atoms with E-state index in [0.717, 1.165) is 18.2 Å². The van der Waals surface area contributed by atoms with Crippen LogP contribution >= 0.6 is 0 Å². The van der Waals surface area contributed by atoms with Crippen LogP contribution in [0, 0.1) is 0 Å². The van der Waals surface area contributed by atoms with Gasteiger partial charge in [-0.05, 0) is 35.9 Å². The monoisotopic (exact) mass is 582 g/mol. The molecule has 2 aromatic carbocycles. The first-order valence-corrected chi connectivity index (χ1v) is 12.3. The highest BCUT2D eigenvalue weighted by Gasteiger charge is 2.51. The van der Waals surface area contributed by atoms with Crippen LogP contribution < -0.4 is 4.74 Å². The fourth-order valence-electron chi connectivity index (χ4n) is 4.34. The van der Waals surface area contributed by atoms with Crippen LogP contribution in [0.15, 0.2) is 36.4 Å². The third-order valence-electron chi connectivity index (χ3n) is 6.66. The van der Waals surface area contributed by atoms with E-state index in [-0.39, 0.29) is 11.3 Å². The maximum atomic E-state index is 12.6. The zero-order valence-electron chi connectivity index (χ0n) is 21.2. The number of carbonyl (C=O) groups is 1. The topological polar surface area (TPSA) is 256 Å². The van der Waals surface area contributed by atoms with Gasteiger partial charge in [-0.3, -0.25) is 4.79 Å². The van der Waals surface area contributed by atoms with Gasteiger partial charge in [0.05, 0.1) is 18.8 Å². The third kappa shape index (κ3) is 6.23. The Bertz CT molecular complexity index is 1260. The van der Waals surface area contributed by atoms with Crippen molar-refractivity contribution < 1.29 is 74.8 Å². The average Bonchev–Trinajstić information content (AvgIpc) is 3.23. The molecule has 2 fully saturated rings. The Morgan fingerprint density at radius 2 is 1.44 bits per heavy atom. The molecule has 41 heavy (non-hydrogen) atoms. The van der Waals surface area contributed by atoms with Crippen molar-refractivity contribution in [2.75, 3.05) is 13.2 Å². The smallest absolute Gasteiger partial charge is 0.229 e. The van der Waals surface area contributed by atoms with Crippen molar-refractivity contribution in [3.05, 3.63) is 47.5 Å². The largest absolute Gasteiger partial charge is 0.504 e. The minimum atomic E-state index is -1.87. The van der Waals surface area contributed by atoms with Crippen LogP contribution in [0.5, 0.6) is 28.7 Å². The van der Waals surface area contributed by atoms with Crippen molar-refractivity contribution in [3.63, 3.8) is 0 Å². The SMILES string of the molecule is O=C(/C=C/c1ccc(O)c(O)c1)c1ccc(O[C@@H]2O[C@H](CO)[C@@H](O[C@@H]3O[C@@H](CO)[C@H](O)[C@H]3O)[C@H](O)[C@H]2O)c(O)c1O. The van der Waals surface area contributed by atoms with Gasteiger partial charge in [-0.25, -0.2) is 0 Å². The molecule has 2 heterocycles. The molecule has 9 atom stereocenters. The molecule has 0 unspecified atom stereocenters. The molecule has 15 nitrogen and oxygen atoms in total. The minimum Gasteiger partial charge on any atom is -0.504 e. The van der Waals surface area contributed by atoms with Crippen molar-refractivity contribution in [3.8, 4) is 28.7 Å². The summed E-state index contributed by atoms with van der Waals surface area (Å²) >= 11 is 0. The molecular formula is C26H30O15. The number of ketones is 1. The summed E-state index contributed by atoms with van der Waals surface area (Å²) < 4.78 is 21.5. The summed E-state index contributed by atoms with van der Waals surface area (Å²) in [7, 11) is 0. The fourth-order valence-corrected chi connectivity index (χ4v) is 4.34. The van der Waals surface area contributed by atoms with Crippen molar-refractivity contribution in [2.45, 2.75) is 55.3 Å². The highest BCUT2D eigenvalue weighted by molar-refractivity contribution is 6.09. The van der Waals surface area contributed by atoms with E-state index >= 15 is 0 Å². The Morgan fingerprint density at radius 1 is 0.780 bits per heavy atom. The van der Waals surface area contributed by atoms with Crippen LogP contribution in [-0.4, -0.2) is 125 Å². The highest BCUT2D eigenvalue weighted by Crippen LogP contribution is 2.40. The summed E-state index contributed by atoms with van der Waals surface area (Å²) in [6.45, 7) is -1.41. The summed E-state index contributed by atoms with van der Waals surface area (Å²) in [6, 6.07) is 6.02. The Kier molecular flexibility index (Phi) is 9.33. The number of phenolic OH excluding ortho intramolecular Hbond substituents is 4. The summed E-state index contributed by atoms with van der Waals surface area (Å²) in [6.07, 6.45) is -11.8. The molecule has 15 heteroatoms. The molecule has 2 saturated heterocycles. The summed E-state index contributed by atoms with van der Waals surface area (Å²) in [5.41, 5.74) is 0.0258. The van der Waals surface area contributed by atoms with Crippen LogP contribution in [0.3, 0.4) is 0 Å². The zero-order chi connectivity index (χ0) is 30.0. The first-order chi connectivity index (χ1) is 19.5. The minimum absolute atomic E-state index is 0.334. The van der Waals surface area contributed by atoms with Gasteiger partial charge in [-0.15, -0.1) is 0 Å². The van der Waals surface area contributed by atoms with Gasteiger partial charge >= 0.3 is 0 Å². The molecule has 10 N–H and O–H groups in total.